The van der Waals surface area contributed by atoms with E-state index in [0.29, 0.717) is 14.3 Å². The van der Waals surface area contributed by atoms with Crippen LogP contribution in [0.25, 0.3) is 10.3 Å². The molecule has 14 heavy (non-hydrogen) atoms. The number of hydrogen-bond donors (Lipinski definition) is 1. The Balaban J connectivity index is 2.88. The van der Waals surface area contributed by atoms with Gasteiger partial charge in [0.2, 0.25) is 0 Å². The molecule has 0 bridgehead atoms. The van der Waals surface area contributed by atoms with Crippen molar-refractivity contribution in [3.8, 4) is 0 Å². The molecule has 0 aliphatic carbocycles. The minimum absolute atomic E-state index is 0.0768. The summed E-state index contributed by atoms with van der Waals surface area (Å²) in [6.07, 6.45) is 0. The molecule has 2 aromatic heterocycles. The van der Waals surface area contributed by atoms with E-state index in [1.165, 1.54) is 15.9 Å². The highest BCUT2D eigenvalue weighted by molar-refractivity contribution is 9.11. The average molecular weight is 296 g/mol. The summed E-state index contributed by atoms with van der Waals surface area (Å²) >= 11 is 10.5. The van der Waals surface area contributed by atoms with Crippen LogP contribution in [0.3, 0.4) is 0 Å². The van der Waals surface area contributed by atoms with E-state index in [1.54, 1.807) is 7.05 Å². The zero-order chi connectivity index (χ0) is 10.5. The van der Waals surface area contributed by atoms with Crippen molar-refractivity contribution >= 4 is 55.2 Å². The lowest BCUT2D eigenvalue weighted by molar-refractivity contribution is 0.0687. The van der Waals surface area contributed by atoms with Gasteiger partial charge in [0.15, 0.2) is 9.56 Å². The molecule has 0 amide bonds. The summed E-state index contributed by atoms with van der Waals surface area (Å²) in [7, 11) is 1.63. The van der Waals surface area contributed by atoms with Gasteiger partial charge in [-0.1, -0.05) is 11.6 Å². The predicted octanol–water partition coefficient (Wildman–Crippen LogP) is 2.75. The van der Waals surface area contributed by atoms with Gasteiger partial charge in [0, 0.05) is 7.05 Å². The first kappa shape index (κ1) is 9.95. The van der Waals surface area contributed by atoms with Crippen molar-refractivity contribution in [2.45, 2.75) is 0 Å². The molecule has 4 nitrogen and oxygen atoms in total. The minimum Gasteiger partial charge on any atom is -0.477 e. The number of carboxylic acids is 1. The van der Waals surface area contributed by atoms with E-state index in [2.05, 4.69) is 20.9 Å². The Morgan fingerprint density at radius 1 is 1.71 bits per heavy atom. The molecular weight excluding hydrogens is 292 g/mol. The highest BCUT2D eigenvalue weighted by Crippen LogP contribution is 2.35. The van der Waals surface area contributed by atoms with Crippen LogP contribution in [0.15, 0.2) is 3.92 Å². The molecule has 0 aliphatic rings. The van der Waals surface area contributed by atoms with Gasteiger partial charge in [0.1, 0.15) is 5.69 Å². The minimum atomic E-state index is -1.04. The quantitative estimate of drug-likeness (QED) is 0.880. The third-order valence-electron chi connectivity index (χ3n) is 1.85. The molecule has 0 spiro atoms. The maximum Gasteiger partial charge on any atom is 0.354 e. The lowest BCUT2D eigenvalue weighted by Crippen LogP contribution is -2.04. The van der Waals surface area contributed by atoms with Gasteiger partial charge in [-0.05, 0) is 15.9 Å². The molecule has 2 heterocycles. The summed E-state index contributed by atoms with van der Waals surface area (Å²) < 4.78 is 2.86. The summed E-state index contributed by atoms with van der Waals surface area (Å²) in [5, 5.41) is 9.14. The fourth-order valence-corrected chi connectivity index (χ4v) is 3.08. The summed E-state index contributed by atoms with van der Waals surface area (Å²) in [6, 6.07) is 0. The third kappa shape index (κ3) is 1.25. The maximum atomic E-state index is 10.9. The number of thiazole rings is 1. The van der Waals surface area contributed by atoms with Gasteiger partial charge in [0.25, 0.3) is 0 Å². The van der Waals surface area contributed by atoms with E-state index in [0.717, 1.165) is 0 Å². The van der Waals surface area contributed by atoms with Crippen molar-refractivity contribution < 1.29 is 9.90 Å². The topological polar surface area (TPSA) is 55.1 Å². The molecule has 74 valence electrons. The van der Waals surface area contributed by atoms with Crippen LogP contribution in [0.4, 0.5) is 0 Å². The number of nitrogens with zero attached hydrogens (tertiary/aromatic N) is 2. The molecule has 0 saturated carbocycles. The van der Waals surface area contributed by atoms with Gasteiger partial charge in [-0.15, -0.1) is 11.3 Å². The summed E-state index contributed by atoms with van der Waals surface area (Å²) in [5.41, 5.74) is 0.664. The number of aromatic carboxylic acids is 1. The van der Waals surface area contributed by atoms with E-state index >= 15 is 0 Å². The number of hydrogen-bond acceptors (Lipinski definition) is 3. The van der Waals surface area contributed by atoms with Crippen molar-refractivity contribution in [1.82, 2.24) is 9.55 Å². The summed E-state index contributed by atoms with van der Waals surface area (Å²) in [6.45, 7) is 0. The molecule has 0 saturated heterocycles. The van der Waals surface area contributed by atoms with E-state index < -0.39 is 5.97 Å². The van der Waals surface area contributed by atoms with Gasteiger partial charge in [-0.2, -0.15) is 0 Å². The Hall–Kier alpha value is -0.590. The number of aryl methyl sites for hydroxylation is 1. The smallest absolute Gasteiger partial charge is 0.354 e. The molecule has 0 fully saturated rings. The molecule has 7 heteroatoms. The highest BCUT2D eigenvalue weighted by atomic mass is 79.9. The Labute approximate surface area is 96.2 Å². The number of aromatic nitrogens is 2. The lowest BCUT2D eigenvalue weighted by Gasteiger charge is -1.96. The number of halogens is 2. The summed E-state index contributed by atoms with van der Waals surface area (Å²) in [4.78, 5) is 15.0. The second kappa shape index (κ2) is 3.22. The standard InChI is InChI=1S/C7H4BrClN2O2S/c1-11-3(6(12)13)2(9)4-5(11)10-7(8)14-4/h1H3,(H,12,13). The molecule has 2 aromatic rings. The predicted molar refractivity (Wildman–Crippen MR) is 58.3 cm³/mol. The molecule has 2 rings (SSSR count). The fraction of sp³-hybridized carbons (Fsp3) is 0.143. The Bertz CT molecular complexity index is 496. The van der Waals surface area contributed by atoms with E-state index in [9.17, 15) is 4.79 Å². The monoisotopic (exact) mass is 294 g/mol. The van der Waals surface area contributed by atoms with Gasteiger partial charge in [-0.3, -0.25) is 0 Å². The molecule has 0 aromatic carbocycles. The highest BCUT2D eigenvalue weighted by Gasteiger charge is 2.21. The van der Waals surface area contributed by atoms with Crippen LogP contribution in [0.2, 0.25) is 5.02 Å². The van der Waals surface area contributed by atoms with Gasteiger partial charge in [-0.25, -0.2) is 9.78 Å². The molecule has 0 radical (unpaired) electrons. The summed E-state index contributed by atoms with van der Waals surface area (Å²) in [5.74, 6) is -1.04. The first-order valence-electron chi connectivity index (χ1n) is 3.56. The Morgan fingerprint density at radius 2 is 2.36 bits per heavy atom. The number of fused-ring (bicyclic) bond motifs is 1. The molecular formula is C7H4BrClN2O2S. The van der Waals surface area contributed by atoms with Gasteiger partial charge in [0.05, 0.1) is 9.72 Å². The van der Waals surface area contributed by atoms with Gasteiger partial charge < -0.3 is 9.67 Å². The average Bonchev–Trinajstić information content (AvgIpc) is 2.54. The van der Waals surface area contributed by atoms with Crippen LogP contribution in [-0.4, -0.2) is 20.6 Å². The first-order chi connectivity index (χ1) is 6.52. The van der Waals surface area contributed by atoms with Crippen LogP contribution in [-0.2, 0) is 7.05 Å². The van der Waals surface area contributed by atoms with Crippen molar-refractivity contribution in [1.29, 1.82) is 0 Å². The van der Waals surface area contributed by atoms with Crippen molar-refractivity contribution in [2.24, 2.45) is 7.05 Å². The fourth-order valence-electron chi connectivity index (χ4n) is 1.26. The third-order valence-corrected chi connectivity index (χ3v) is 3.84. The number of carboxylic acid groups (broad SMARTS) is 1. The normalized spacial score (nSPS) is 11.1. The molecule has 1 N–H and O–H groups in total. The van der Waals surface area contributed by atoms with E-state index in [4.69, 9.17) is 16.7 Å². The molecule has 0 unspecified atom stereocenters. The first-order valence-corrected chi connectivity index (χ1v) is 5.54. The van der Waals surface area contributed by atoms with Crippen molar-refractivity contribution in [3.05, 3.63) is 14.6 Å². The Kier molecular flexibility index (Phi) is 2.29. The lowest BCUT2D eigenvalue weighted by atomic mass is 10.4. The molecule has 0 aliphatic heterocycles. The van der Waals surface area contributed by atoms with Gasteiger partial charge >= 0.3 is 5.97 Å². The SMILES string of the molecule is Cn1c(C(=O)O)c(Cl)c2sc(Br)nc21. The number of carbonyl (C=O) groups is 1. The Morgan fingerprint density at radius 3 is 2.86 bits per heavy atom. The van der Waals surface area contributed by atoms with E-state index in [1.807, 2.05) is 0 Å². The largest absolute Gasteiger partial charge is 0.477 e. The zero-order valence-corrected chi connectivity index (χ0v) is 10.1. The van der Waals surface area contributed by atoms with Crippen molar-refractivity contribution in [3.63, 3.8) is 0 Å². The van der Waals surface area contributed by atoms with Crippen LogP contribution in [0, 0.1) is 0 Å². The maximum absolute atomic E-state index is 10.9. The van der Waals surface area contributed by atoms with E-state index in [-0.39, 0.29) is 10.7 Å². The van der Waals surface area contributed by atoms with Crippen LogP contribution in [0.1, 0.15) is 10.5 Å². The van der Waals surface area contributed by atoms with Crippen LogP contribution in [0.5, 0.6) is 0 Å². The second-order valence-electron chi connectivity index (χ2n) is 2.65. The van der Waals surface area contributed by atoms with Crippen LogP contribution >= 0.6 is 38.9 Å². The zero-order valence-electron chi connectivity index (χ0n) is 6.91. The second-order valence-corrected chi connectivity index (χ2v) is 5.30. The van der Waals surface area contributed by atoms with Crippen molar-refractivity contribution in [2.75, 3.05) is 0 Å². The number of rotatable bonds is 1. The molecule has 0 atom stereocenters. The van der Waals surface area contributed by atoms with Crippen LogP contribution < -0.4 is 0 Å².